The van der Waals surface area contributed by atoms with Crippen LogP contribution in [0.4, 0.5) is 10.1 Å². The normalized spacial score (nSPS) is 12.0. The second-order valence-electron chi connectivity index (χ2n) is 5.60. The van der Waals surface area contributed by atoms with Crippen LogP contribution in [-0.2, 0) is 6.54 Å². The quantitative estimate of drug-likeness (QED) is 0.889. The lowest BCUT2D eigenvalue weighted by atomic mass is 10.1. The Balaban J connectivity index is 1.92. The second kappa shape index (κ2) is 7.06. The van der Waals surface area contributed by atoms with Gasteiger partial charge in [-0.1, -0.05) is 6.92 Å². The maximum Gasteiger partial charge on any atom is 0.254 e. The minimum atomic E-state index is -0.511. The van der Waals surface area contributed by atoms with Crippen molar-refractivity contribution >= 4 is 11.6 Å². The van der Waals surface area contributed by atoms with Gasteiger partial charge < -0.3 is 10.2 Å². The SMILES string of the molecule is C[C@@H](CNC(=O)c1ccc(N(C)C)cc1F)Cn1cccn1. The number of hydrogen-bond donors (Lipinski definition) is 1. The minimum Gasteiger partial charge on any atom is -0.378 e. The summed E-state index contributed by atoms with van der Waals surface area (Å²) in [6, 6.07) is 6.46. The van der Waals surface area contributed by atoms with Crippen LogP contribution in [0, 0.1) is 11.7 Å². The van der Waals surface area contributed by atoms with Crippen LogP contribution in [0.1, 0.15) is 17.3 Å². The monoisotopic (exact) mass is 304 g/mol. The number of nitrogens with one attached hydrogen (secondary N) is 1. The summed E-state index contributed by atoms with van der Waals surface area (Å²) in [7, 11) is 3.65. The third-order valence-corrected chi connectivity index (χ3v) is 3.38. The molecule has 0 fully saturated rings. The Hall–Kier alpha value is -2.37. The second-order valence-corrected chi connectivity index (χ2v) is 5.60. The van der Waals surface area contributed by atoms with Crippen molar-refractivity contribution in [3.8, 4) is 0 Å². The van der Waals surface area contributed by atoms with E-state index in [-0.39, 0.29) is 11.5 Å². The number of benzene rings is 1. The number of halogens is 1. The molecule has 0 unspecified atom stereocenters. The summed E-state index contributed by atoms with van der Waals surface area (Å²) in [6.45, 7) is 3.18. The number of amides is 1. The molecule has 2 aromatic rings. The Morgan fingerprint density at radius 2 is 2.23 bits per heavy atom. The van der Waals surface area contributed by atoms with Crippen LogP contribution >= 0.6 is 0 Å². The number of nitrogens with zero attached hydrogens (tertiary/aromatic N) is 3. The third-order valence-electron chi connectivity index (χ3n) is 3.38. The molecule has 118 valence electrons. The first-order valence-electron chi connectivity index (χ1n) is 7.20. The van der Waals surface area contributed by atoms with E-state index in [1.807, 2.05) is 38.0 Å². The summed E-state index contributed by atoms with van der Waals surface area (Å²) < 4.78 is 15.8. The predicted octanol–water partition coefficient (Wildman–Crippen LogP) is 2.15. The molecule has 1 aromatic carbocycles. The van der Waals surface area contributed by atoms with Crippen molar-refractivity contribution in [1.29, 1.82) is 0 Å². The van der Waals surface area contributed by atoms with Crippen LogP contribution in [0.25, 0.3) is 0 Å². The fourth-order valence-corrected chi connectivity index (χ4v) is 2.12. The zero-order valence-corrected chi connectivity index (χ0v) is 13.1. The Morgan fingerprint density at radius 3 is 2.82 bits per heavy atom. The molecule has 0 saturated heterocycles. The molecule has 0 aliphatic rings. The van der Waals surface area contributed by atoms with Gasteiger partial charge in [0, 0.05) is 45.3 Å². The lowest BCUT2D eigenvalue weighted by Crippen LogP contribution is -2.30. The van der Waals surface area contributed by atoms with Gasteiger partial charge in [-0.05, 0) is 30.2 Å². The van der Waals surface area contributed by atoms with E-state index in [0.717, 1.165) is 5.69 Å². The highest BCUT2D eigenvalue weighted by atomic mass is 19.1. The average Bonchev–Trinajstić information content (AvgIpc) is 2.97. The lowest BCUT2D eigenvalue weighted by Gasteiger charge is -2.15. The fraction of sp³-hybridized carbons (Fsp3) is 0.375. The zero-order chi connectivity index (χ0) is 16.1. The summed E-state index contributed by atoms with van der Waals surface area (Å²) >= 11 is 0. The molecule has 0 bridgehead atoms. The first-order chi connectivity index (χ1) is 10.5. The van der Waals surface area contributed by atoms with Crippen LogP contribution in [0.5, 0.6) is 0 Å². The molecular formula is C16H21FN4O. The summed E-state index contributed by atoms with van der Waals surface area (Å²) in [4.78, 5) is 13.9. The van der Waals surface area contributed by atoms with Gasteiger partial charge in [-0.25, -0.2) is 4.39 Å². The van der Waals surface area contributed by atoms with E-state index in [0.29, 0.717) is 13.1 Å². The molecule has 0 saturated carbocycles. The van der Waals surface area contributed by atoms with Gasteiger partial charge in [-0.3, -0.25) is 9.48 Å². The molecule has 1 N–H and O–H groups in total. The predicted molar refractivity (Wildman–Crippen MR) is 84.5 cm³/mol. The van der Waals surface area contributed by atoms with E-state index in [1.54, 1.807) is 17.2 Å². The van der Waals surface area contributed by atoms with E-state index < -0.39 is 11.7 Å². The molecule has 0 aliphatic heterocycles. The van der Waals surface area contributed by atoms with Crippen LogP contribution in [0.15, 0.2) is 36.7 Å². The first-order valence-corrected chi connectivity index (χ1v) is 7.20. The van der Waals surface area contributed by atoms with Crippen LogP contribution in [-0.4, -0.2) is 36.3 Å². The highest BCUT2D eigenvalue weighted by Crippen LogP contribution is 2.16. The molecular weight excluding hydrogens is 283 g/mol. The zero-order valence-electron chi connectivity index (χ0n) is 13.1. The molecule has 1 amide bonds. The number of rotatable bonds is 6. The van der Waals surface area contributed by atoms with Crippen molar-refractivity contribution < 1.29 is 9.18 Å². The van der Waals surface area contributed by atoms with Gasteiger partial charge in [0.25, 0.3) is 5.91 Å². The third kappa shape index (κ3) is 4.07. The molecule has 1 aromatic heterocycles. The highest BCUT2D eigenvalue weighted by Gasteiger charge is 2.14. The van der Waals surface area contributed by atoms with Crippen molar-refractivity contribution in [1.82, 2.24) is 15.1 Å². The lowest BCUT2D eigenvalue weighted by molar-refractivity contribution is 0.0942. The van der Waals surface area contributed by atoms with Gasteiger partial charge in [0.2, 0.25) is 0 Å². The standard InChI is InChI=1S/C16H21FN4O/c1-12(11-21-8-4-7-19-21)10-18-16(22)14-6-5-13(20(2)3)9-15(14)17/h4-9,12H,10-11H2,1-3H3,(H,18,22)/t12-/m0/s1. The molecule has 1 heterocycles. The van der Waals surface area contributed by atoms with Gasteiger partial charge >= 0.3 is 0 Å². The largest absolute Gasteiger partial charge is 0.378 e. The number of aromatic nitrogens is 2. The van der Waals surface area contributed by atoms with Crippen molar-refractivity contribution in [2.24, 2.45) is 5.92 Å². The van der Waals surface area contributed by atoms with Crippen molar-refractivity contribution in [3.05, 3.63) is 48.0 Å². The fourth-order valence-electron chi connectivity index (χ4n) is 2.12. The van der Waals surface area contributed by atoms with E-state index >= 15 is 0 Å². The summed E-state index contributed by atoms with van der Waals surface area (Å²) in [5.41, 5.74) is 0.790. The van der Waals surface area contributed by atoms with E-state index in [2.05, 4.69) is 10.4 Å². The molecule has 0 radical (unpaired) electrons. The summed E-state index contributed by atoms with van der Waals surface area (Å²) in [5, 5.41) is 6.89. The van der Waals surface area contributed by atoms with E-state index in [1.165, 1.54) is 12.1 Å². The van der Waals surface area contributed by atoms with E-state index in [4.69, 9.17) is 0 Å². The number of carbonyl (C=O) groups excluding carboxylic acids is 1. The average molecular weight is 304 g/mol. The Labute approximate surface area is 129 Å². The number of hydrogen-bond acceptors (Lipinski definition) is 3. The molecule has 0 spiro atoms. The number of anilines is 1. The summed E-state index contributed by atoms with van der Waals surface area (Å²) in [5.74, 6) is -0.702. The van der Waals surface area contributed by atoms with E-state index in [9.17, 15) is 9.18 Å². The minimum absolute atomic E-state index is 0.0666. The van der Waals surface area contributed by atoms with Gasteiger partial charge in [0.15, 0.2) is 0 Å². The molecule has 2 rings (SSSR count). The Morgan fingerprint density at radius 1 is 1.45 bits per heavy atom. The maximum absolute atomic E-state index is 14.0. The first kappa shape index (κ1) is 16.0. The Kier molecular flexibility index (Phi) is 5.14. The van der Waals surface area contributed by atoms with Gasteiger partial charge in [0.05, 0.1) is 5.56 Å². The van der Waals surface area contributed by atoms with Gasteiger partial charge in [0.1, 0.15) is 5.82 Å². The molecule has 0 aliphatic carbocycles. The van der Waals surface area contributed by atoms with Crippen LogP contribution in [0.2, 0.25) is 0 Å². The van der Waals surface area contributed by atoms with Crippen LogP contribution < -0.4 is 10.2 Å². The number of carbonyl (C=O) groups is 1. The van der Waals surface area contributed by atoms with Crippen molar-refractivity contribution in [2.45, 2.75) is 13.5 Å². The Bertz CT molecular complexity index is 625. The van der Waals surface area contributed by atoms with Crippen LogP contribution in [0.3, 0.4) is 0 Å². The van der Waals surface area contributed by atoms with Crippen molar-refractivity contribution in [3.63, 3.8) is 0 Å². The molecule has 1 atom stereocenters. The highest BCUT2D eigenvalue weighted by molar-refractivity contribution is 5.94. The maximum atomic E-state index is 14.0. The molecule has 6 heteroatoms. The molecule has 22 heavy (non-hydrogen) atoms. The van der Waals surface area contributed by atoms with Crippen molar-refractivity contribution in [2.75, 3.05) is 25.5 Å². The smallest absolute Gasteiger partial charge is 0.254 e. The van der Waals surface area contributed by atoms with Gasteiger partial charge in [-0.15, -0.1) is 0 Å². The topological polar surface area (TPSA) is 50.2 Å². The summed E-state index contributed by atoms with van der Waals surface area (Å²) in [6.07, 6.45) is 3.59. The van der Waals surface area contributed by atoms with Gasteiger partial charge in [-0.2, -0.15) is 5.10 Å². The molecule has 5 nitrogen and oxygen atoms in total.